The maximum Gasteiger partial charge on any atom is 0.220 e. The van der Waals surface area contributed by atoms with Gasteiger partial charge in [0.15, 0.2) is 5.65 Å². The van der Waals surface area contributed by atoms with Crippen molar-refractivity contribution in [1.29, 1.82) is 0 Å². The molecule has 0 saturated heterocycles. The van der Waals surface area contributed by atoms with Crippen LogP contribution in [0, 0.1) is 6.92 Å². The number of benzene rings is 1. The molecule has 0 unspecified atom stereocenters. The Morgan fingerprint density at radius 2 is 1.91 bits per heavy atom. The van der Waals surface area contributed by atoms with Gasteiger partial charge in [0.1, 0.15) is 11.4 Å². The van der Waals surface area contributed by atoms with Gasteiger partial charge in [0, 0.05) is 7.05 Å². The predicted molar refractivity (Wildman–Crippen MR) is 84.3 cm³/mol. The minimum atomic E-state index is 0.637. The lowest BCUT2D eigenvalue weighted by molar-refractivity contribution is 0.755. The standard InChI is InChI=1S/C14H12N8S/c1-9-3-5-10(6-4-9)22-14(18-19-20-22)23-13-11-7-17-21(2)12(11)15-8-16-13/h3-8H,1-2H3. The zero-order valence-electron chi connectivity index (χ0n) is 12.5. The summed E-state index contributed by atoms with van der Waals surface area (Å²) in [5.74, 6) is 0. The Labute approximate surface area is 135 Å². The Morgan fingerprint density at radius 3 is 2.74 bits per heavy atom. The van der Waals surface area contributed by atoms with Gasteiger partial charge in [-0.3, -0.25) is 4.68 Å². The second-order valence-electron chi connectivity index (χ2n) is 5.00. The molecule has 4 rings (SSSR count). The van der Waals surface area contributed by atoms with Crippen molar-refractivity contribution in [2.75, 3.05) is 0 Å². The zero-order valence-corrected chi connectivity index (χ0v) is 13.3. The first-order valence-corrected chi connectivity index (χ1v) is 7.70. The topological polar surface area (TPSA) is 87.2 Å². The SMILES string of the molecule is Cc1ccc(-n2nnnc2Sc2ncnc3c2cnn3C)cc1. The second kappa shape index (κ2) is 5.43. The summed E-state index contributed by atoms with van der Waals surface area (Å²) in [6, 6.07) is 8.01. The van der Waals surface area contributed by atoms with Crippen molar-refractivity contribution in [2.24, 2.45) is 7.05 Å². The molecule has 0 spiro atoms. The van der Waals surface area contributed by atoms with Crippen LogP contribution in [-0.2, 0) is 7.05 Å². The van der Waals surface area contributed by atoms with Crippen LogP contribution in [0.5, 0.6) is 0 Å². The molecule has 1 aromatic carbocycles. The van der Waals surface area contributed by atoms with E-state index in [4.69, 9.17) is 0 Å². The van der Waals surface area contributed by atoms with Gasteiger partial charge in [-0.15, -0.1) is 5.10 Å². The first-order chi connectivity index (χ1) is 11.2. The van der Waals surface area contributed by atoms with Crippen LogP contribution in [0.4, 0.5) is 0 Å². The van der Waals surface area contributed by atoms with Gasteiger partial charge < -0.3 is 0 Å². The van der Waals surface area contributed by atoms with E-state index in [2.05, 4.69) is 30.6 Å². The molecule has 0 amide bonds. The fourth-order valence-electron chi connectivity index (χ4n) is 2.20. The van der Waals surface area contributed by atoms with Gasteiger partial charge in [-0.25, -0.2) is 9.97 Å². The van der Waals surface area contributed by atoms with Crippen LogP contribution in [0.3, 0.4) is 0 Å². The number of hydrogen-bond donors (Lipinski definition) is 0. The van der Waals surface area contributed by atoms with Crippen molar-refractivity contribution in [3.8, 4) is 5.69 Å². The molecule has 0 radical (unpaired) electrons. The van der Waals surface area contributed by atoms with Gasteiger partial charge >= 0.3 is 0 Å². The first-order valence-electron chi connectivity index (χ1n) is 6.88. The summed E-state index contributed by atoms with van der Waals surface area (Å²) >= 11 is 1.39. The van der Waals surface area contributed by atoms with Crippen LogP contribution in [-0.4, -0.2) is 40.0 Å². The van der Waals surface area contributed by atoms with Crippen molar-refractivity contribution in [3.05, 3.63) is 42.4 Å². The van der Waals surface area contributed by atoms with E-state index in [0.717, 1.165) is 21.7 Å². The highest BCUT2D eigenvalue weighted by Gasteiger charge is 2.15. The van der Waals surface area contributed by atoms with E-state index in [1.165, 1.54) is 23.7 Å². The monoisotopic (exact) mass is 324 g/mol. The molecule has 23 heavy (non-hydrogen) atoms. The lowest BCUT2D eigenvalue weighted by Crippen LogP contribution is -1.99. The van der Waals surface area contributed by atoms with E-state index in [-0.39, 0.29) is 0 Å². The molecule has 8 nitrogen and oxygen atoms in total. The highest BCUT2D eigenvalue weighted by molar-refractivity contribution is 7.99. The van der Waals surface area contributed by atoms with Crippen LogP contribution >= 0.6 is 11.8 Å². The van der Waals surface area contributed by atoms with E-state index < -0.39 is 0 Å². The first kappa shape index (κ1) is 13.8. The van der Waals surface area contributed by atoms with Crippen molar-refractivity contribution >= 4 is 22.8 Å². The van der Waals surface area contributed by atoms with E-state index in [0.29, 0.717) is 5.16 Å². The zero-order chi connectivity index (χ0) is 15.8. The normalized spacial score (nSPS) is 11.2. The third kappa shape index (κ3) is 2.44. The molecule has 0 N–H and O–H groups in total. The fraction of sp³-hybridized carbons (Fsp3) is 0.143. The number of hydrogen-bond acceptors (Lipinski definition) is 7. The largest absolute Gasteiger partial charge is 0.250 e. The summed E-state index contributed by atoms with van der Waals surface area (Å²) < 4.78 is 3.40. The molecular weight excluding hydrogens is 312 g/mol. The minimum absolute atomic E-state index is 0.637. The van der Waals surface area contributed by atoms with Crippen LogP contribution in [0.25, 0.3) is 16.7 Å². The molecule has 0 saturated carbocycles. The van der Waals surface area contributed by atoms with Crippen LogP contribution in [0.1, 0.15) is 5.56 Å². The minimum Gasteiger partial charge on any atom is -0.250 e. The summed E-state index contributed by atoms with van der Waals surface area (Å²) in [6.45, 7) is 2.04. The Morgan fingerprint density at radius 1 is 1.09 bits per heavy atom. The molecule has 0 aliphatic heterocycles. The number of fused-ring (bicyclic) bond motifs is 1. The average Bonchev–Trinajstić information content (AvgIpc) is 3.16. The van der Waals surface area contributed by atoms with Gasteiger partial charge in [-0.2, -0.15) is 9.78 Å². The molecule has 4 aromatic rings. The van der Waals surface area contributed by atoms with Gasteiger partial charge in [-0.1, -0.05) is 17.7 Å². The highest BCUT2D eigenvalue weighted by atomic mass is 32.2. The maximum absolute atomic E-state index is 4.33. The molecule has 0 bridgehead atoms. The van der Waals surface area contributed by atoms with Crippen molar-refractivity contribution in [3.63, 3.8) is 0 Å². The highest BCUT2D eigenvalue weighted by Crippen LogP contribution is 2.30. The lowest BCUT2D eigenvalue weighted by atomic mass is 10.2. The summed E-state index contributed by atoms with van der Waals surface area (Å²) in [6.07, 6.45) is 3.27. The smallest absolute Gasteiger partial charge is 0.220 e. The quantitative estimate of drug-likeness (QED) is 0.531. The molecule has 114 valence electrons. The van der Waals surface area contributed by atoms with Crippen molar-refractivity contribution < 1.29 is 0 Å². The third-order valence-corrected chi connectivity index (χ3v) is 4.36. The average molecular weight is 324 g/mol. The lowest BCUT2D eigenvalue weighted by Gasteiger charge is -2.04. The Balaban J connectivity index is 1.75. The number of rotatable bonds is 3. The molecule has 0 fully saturated rings. The maximum atomic E-state index is 4.33. The molecular formula is C14H12N8S. The molecule has 3 aromatic heterocycles. The van der Waals surface area contributed by atoms with Crippen molar-refractivity contribution in [1.82, 2.24) is 40.0 Å². The van der Waals surface area contributed by atoms with E-state index in [1.54, 1.807) is 15.6 Å². The molecule has 0 aliphatic rings. The molecule has 3 heterocycles. The Hall–Kier alpha value is -2.81. The summed E-state index contributed by atoms with van der Waals surface area (Å²) in [5, 5.41) is 18.4. The van der Waals surface area contributed by atoms with Gasteiger partial charge in [0.2, 0.25) is 5.16 Å². The Bertz CT molecular complexity index is 972. The van der Waals surface area contributed by atoms with E-state index in [9.17, 15) is 0 Å². The number of aromatic nitrogens is 8. The van der Waals surface area contributed by atoms with Gasteiger partial charge in [0.25, 0.3) is 0 Å². The summed E-state index contributed by atoms with van der Waals surface area (Å²) in [5.41, 5.74) is 2.86. The fourth-order valence-corrected chi connectivity index (χ4v) is 3.03. The molecule has 0 aliphatic carbocycles. The predicted octanol–water partition coefficient (Wildman–Crippen LogP) is 1.80. The van der Waals surface area contributed by atoms with Gasteiger partial charge in [0.05, 0.1) is 17.3 Å². The summed E-state index contributed by atoms with van der Waals surface area (Å²) in [7, 11) is 1.85. The number of tetrazole rings is 1. The molecule has 0 atom stereocenters. The van der Waals surface area contributed by atoms with Crippen LogP contribution < -0.4 is 0 Å². The summed E-state index contributed by atoms with van der Waals surface area (Å²) in [4.78, 5) is 8.57. The molecule has 9 heteroatoms. The Kier molecular flexibility index (Phi) is 3.27. The van der Waals surface area contributed by atoms with E-state index in [1.807, 2.05) is 38.2 Å². The number of aryl methyl sites for hydroxylation is 2. The van der Waals surface area contributed by atoms with Crippen molar-refractivity contribution in [2.45, 2.75) is 17.1 Å². The second-order valence-corrected chi connectivity index (χ2v) is 5.95. The van der Waals surface area contributed by atoms with Crippen LogP contribution in [0.15, 0.2) is 47.0 Å². The van der Waals surface area contributed by atoms with Gasteiger partial charge in [-0.05, 0) is 41.2 Å². The third-order valence-electron chi connectivity index (χ3n) is 3.40. The van der Waals surface area contributed by atoms with Crippen LogP contribution in [0.2, 0.25) is 0 Å². The number of nitrogens with zero attached hydrogens (tertiary/aromatic N) is 8. The van der Waals surface area contributed by atoms with E-state index >= 15 is 0 Å².